The van der Waals surface area contributed by atoms with Crippen molar-refractivity contribution in [3.8, 4) is 5.75 Å². The van der Waals surface area contributed by atoms with Crippen LogP contribution in [-0.2, 0) is 11.3 Å². The van der Waals surface area contributed by atoms with Crippen LogP contribution in [0.2, 0.25) is 0 Å². The highest BCUT2D eigenvalue weighted by Gasteiger charge is 2.09. The first-order valence-electron chi connectivity index (χ1n) is 6.26. The Bertz CT molecular complexity index is 567. The van der Waals surface area contributed by atoms with Crippen LogP contribution in [0.25, 0.3) is 0 Å². The monoisotopic (exact) mass is 275 g/mol. The lowest BCUT2D eigenvalue weighted by Crippen LogP contribution is -2.09. The zero-order valence-electron chi connectivity index (χ0n) is 11.3. The molecule has 20 heavy (non-hydrogen) atoms. The number of carbonyl (C=O) groups excluding carboxylic acids is 1. The molecule has 6 heteroatoms. The summed E-state index contributed by atoms with van der Waals surface area (Å²) in [4.78, 5) is 15.8. The van der Waals surface area contributed by atoms with Gasteiger partial charge in [0, 0.05) is 30.7 Å². The van der Waals surface area contributed by atoms with E-state index in [1.807, 2.05) is 10.8 Å². The SMILES string of the molecule is COc1cc(N)cc(C(=O)OCCCn2ccnc2)c1. The Morgan fingerprint density at radius 2 is 2.25 bits per heavy atom. The van der Waals surface area contributed by atoms with Crippen LogP contribution in [-0.4, -0.2) is 29.2 Å². The van der Waals surface area contributed by atoms with Crippen LogP contribution < -0.4 is 10.5 Å². The van der Waals surface area contributed by atoms with Crippen LogP contribution in [0.1, 0.15) is 16.8 Å². The molecule has 2 N–H and O–H groups in total. The number of hydrogen-bond acceptors (Lipinski definition) is 5. The molecule has 0 aliphatic heterocycles. The second-order valence-corrected chi connectivity index (χ2v) is 4.28. The number of hydrogen-bond donors (Lipinski definition) is 1. The minimum atomic E-state index is -0.402. The third kappa shape index (κ3) is 3.74. The topological polar surface area (TPSA) is 79.4 Å². The quantitative estimate of drug-likeness (QED) is 0.493. The summed E-state index contributed by atoms with van der Waals surface area (Å²) in [6.07, 6.45) is 6.03. The second kappa shape index (κ2) is 6.60. The lowest BCUT2D eigenvalue weighted by atomic mass is 10.2. The highest BCUT2D eigenvalue weighted by molar-refractivity contribution is 5.91. The van der Waals surface area contributed by atoms with Gasteiger partial charge in [-0.2, -0.15) is 0 Å². The summed E-state index contributed by atoms with van der Waals surface area (Å²) in [5.74, 6) is 0.136. The maximum absolute atomic E-state index is 11.9. The van der Waals surface area contributed by atoms with Crippen LogP contribution in [0.4, 0.5) is 5.69 Å². The van der Waals surface area contributed by atoms with Gasteiger partial charge in [-0.1, -0.05) is 0 Å². The van der Waals surface area contributed by atoms with Gasteiger partial charge in [-0.05, 0) is 18.6 Å². The second-order valence-electron chi connectivity index (χ2n) is 4.28. The van der Waals surface area contributed by atoms with Crippen LogP contribution in [0, 0.1) is 0 Å². The molecule has 0 aliphatic carbocycles. The number of aromatic nitrogens is 2. The number of nitrogen functional groups attached to an aromatic ring is 1. The molecule has 1 heterocycles. The zero-order chi connectivity index (χ0) is 14.4. The third-order valence-electron chi connectivity index (χ3n) is 2.75. The molecular weight excluding hydrogens is 258 g/mol. The summed E-state index contributed by atoms with van der Waals surface area (Å²) in [6, 6.07) is 4.82. The van der Waals surface area contributed by atoms with E-state index in [-0.39, 0.29) is 0 Å². The van der Waals surface area contributed by atoms with E-state index in [1.54, 1.807) is 30.7 Å². The molecular formula is C14H17N3O3. The molecule has 0 unspecified atom stereocenters. The van der Waals surface area contributed by atoms with Crippen molar-refractivity contribution in [2.45, 2.75) is 13.0 Å². The number of nitrogens with zero attached hydrogens (tertiary/aromatic N) is 2. The number of anilines is 1. The number of imidazole rings is 1. The maximum Gasteiger partial charge on any atom is 0.338 e. The van der Waals surface area contributed by atoms with Crippen LogP contribution in [0.5, 0.6) is 5.75 Å². The van der Waals surface area contributed by atoms with Crippen molar-refractivity contribution in [2.24, 2.45) is 0 Å². The molecule has 0 bridgehead atoms. The lowest BCUT2D eigenvalue weighted by molar-refractivity contribution is 0.0495. The molecule has 106 valence electrons. The Balaban J connectivity index is 1.83. The Hall–Kier alpha value is -2.50. The van der Waals surface area contributed by atoms with Gasteiger partial charge >= 0.3 is 5.97 Å². The first-order valence-corrected chi connectivity index (χ1v) is 6.26. The predicted octanol–water partition coefficient (Wildman–Crippen LogP) is 1.72. The minimum absolute atomic E-state index is 0.341. The highest BCUT2D eigenvalue weighted by Crippen LogP contribution is 2.19. The molecule has 6 nitrogen and oxygen atoms in total. The lowest BCUT2D eigenvalue weighted by Gasteiger charge is -2.08. The van der Waals surface area contributed by atoms with Gasteiger partial charge < -0.3 is 19.8 Å². The normalized spacial score (nSPS) is 10.2. The molecule has 2 aromatic rings. The number of ether oxygens (including phenoxy) is 2. The van der Waals surface area contributed by atoms with Gasteiger partial charge in [0.15, 0.2) is 0 Å². The molecule has 0 radical (unpaired) electrons. The molecule has 0 amide bonds. The van der Waals surface area contributed by atoms with E-state index in [1.165, 1.54) is 7.11 Å². The highest BCUT2D eigenvalue weighted by atomic mass is 16.5. The number of aryl methyl sites for hydroxylation is 1. The average molecular weight is 275 g/mol. The Labute approximate surface area is 117 Å². The van der Waals surface area contributed by atoms with Gasteiger partial charge in [-0.15, -0.1) is 0 Å². The van der Waals surface area contributed by atoms with E-state index in [0.717, 1.165) is 13.0 Å². The Morgan fingerprint density at radius 1 is 1.40 bits per heavy atom. The number of rotatable bonds is 6. The first-order chi connectivity index (χ1) is 9.69. The summed E-state index contributed by atoms with van der Waals surface area (Å²) in [6.45, 7) is 1.10. The summed E-state index contributed by atoms with van der Waals surface area (Å²) in [5, 5.41) is 0. The number of nitrogens with two attached hydrogens (primary N) is 1. The van der Waals surface area contributed by atoms with Crippen LogP contribution in [0.3, 0.4) is 0 Å². The molecule has 1 aromatic carbocycles. The molecule has 0 aliphatic rings. The summed E-state index contributed by atoms with van der Waals surface area (Å²) in [7, 11) is 1.52. The van der Waals surface area contributed by atoms with Gasteiger partial charge in [-0.25, -0.2) is 9.78 Å². The molecule has 0 fully saturated rings. The van der Waals surface area contributed by atoms with E-state index < -0.39 is 5.97 Å². The predicted molar refractivity (Wildman–Crippen MR) is 74.5 cm³/mol. The zero-order valence-corrected chi connectivity index (χ0v) is 11.3. The van der Waals surface area contributed by atoms with Crippen molar-refractivity contribution in [2.75, 3.05) is 19.5 Å². The van der Waals surface area contributed by atoms with Crippen molar-refractivity contribution < 1.29 is 14.3 Å². The van der Waals surface area contributed by atoms with E-state index in [0.29, 0.717) is 23.6 Å². The molecule has 1 aromatic heterocycles. The molecule has 0 saturated heterocycles. The van der Waals surface area contributed by atoms with Gasteiger partial charge in [-0.3, -0.25) is 0 Å². The van der Waals surface area contributed by atoms with E-state index in [2.05, 4.69) is 4.98 Å². The smallest absolute Gasteiger partial charge is 0.338 e. The molecule has 0 spiro atoms. The summed E-state index contributed by atoms with van der Waals surface area (Å²) < 4.78 is 12.2. The van der Waals surface area contributed by atoms with Gasteiger partial charge in [0.05, 0.1) is 25.6 Å². The molecule has 0 saturated carbocycles. The van der Waals surface area contributed by atoms with Gasteiger partial charge in [0.2, 0.25) is 0 Å². The Morgan fingerprint density at radius 3 is 2.95 bits per heavy atom. The van der Waals surface area contributed by atoms with Gasteiger partial charge in [0.25, 0.3) is 0 Å². The maximum atomic E-state index is 11.9. The molecule has 2 rings (SSSR count). The standard InChI is InChI=1S/C14H17N3O3/c1-19-13-8-11(7-12(15)9-13)14(18)20-6-2-4-17-5-3-16-10-17/h3,5,7-10H,2,4,6,15H2,1H3. The fourth-order valence-corrected chi connectivity index (χ4v) is 1.77. The van der Waals surface area contributed by atoms with E-state index in [9.17, 15) is 4.79 Å². The van der Waals surface area contributed by atoms with Crippen molar-refractivity contribution in [3.05, 3.63) is 42.5 Å². The minimum Gasteiger partial charge on any atom is -0.497 e. The average Bonchev–Trinajstić information content (AvgIpc) is 2.95. The fraction of sp³-hybridized carbons (Fsp3) is 0.286. The van der Waals surface area contributed by atoms with Crippen molar-refractivity contribution >= 4 is 11.7 Å². The fourth-order valence-electron chi connectivity index (χ4n) is 1.77. The number of carbonyl (C=O) groups is 1. The van der Waals surface area contributed by atoms with E-state index >= 15 is 0 Å². The van der Waals surface area contributed by atoms with Crippen LogP contribution in [0.15, 0.2) is 36.9 Å². The first kappa shape index (κ1) is 13.9. The number of methoxy groups -OCH3 is 1. The molecule has 0 atom stereocenters. The summed E-state index contributed by atoms with van der Waals surface area (Å²) in [5.41, 5.74) is 6.55. The summed E-state index contributed by atoms with van der Waals surface area (Å²) >= 11 is 0. The third-order valence-corrected chi connectivity index (χ3v) is 2.75. The number of esters is 1. The Kier molecular flexibility index (Phi) is 4.60. The van der Waals surface area contributed by atoms with Crippen molar-refractivity contribution in [3.63, 3.8) is 0 Å². The largest absolute Gasteiger partial charge is 0.497 e. The van der Waals surface area contributed by atoms with Gasteiger partial charge in [0.1, 0.15) is 5.75 Å². The van der Waals surface area contributed by atoms with Crippen molar-refractivity contribution in [1.29, 1.82) is 0 Å². The van der Waals surface area contributed by atoms with Crippen LogP contribution >= 0.6 is 0 Å². The van der Waals surface area contributed by atoms with E-state index in [4.69, 9.17) is 15.2 Å². The number of benzene rings is 1. The van der Waals surface area contributed by atoms with Crippen molar-refractivity contribution in [1.82, 2.24) is 9.55 Å².